The molecule has 0 aliphatic carbocycles. The van der Waals surface area contributed by atoms with Crippen molar-refractivity contribution in [3.8, 4) is 11.3 Å². The Morgan fingerprint density at radius 2 is 1.96 bits per heavy atom. The minimum Gasteiger partial charge on any atom is -0.372 e. The van der Waals surface area contributed by atoms with Gasteiger partial charge in [-0.15, -0.1) is 0 Å². The number of aromatic nitrogens is 5. The van der Waals surface area contributed by atoms with Gasteiger partial charge in [0, 0.05) is 49.7 Å². The van der Waals surface area contributed by atoms with E-state index in [4.69, 9.17) is 9.72 Å². The maximum Gasteiger partial charge on any atom is 0.223 e. The van der Waals surface area contributed by atoms with Crippen LogP contribution in [0.15, 0.2) is 49.3 Å². The van der Waals surface area contributed by atoms with Crippen LogP contribution in [0.5, 0.6) is 0 Å². The second-order valence-electron chi connectivity index (χ2n) is 5.79. The second-order valence-corrected chi connectivity index (χ2v) is 5.79. The molecule has 4 heterocycles. The van der Waals surface area contributed by atoms with Gasteiger partial charge >= 0.3 is 0 Å². The van der Waals surface area contributed by atoms with Gasteiger partial charge in [0.05, 0.1) is 17.6 Å². The summed E-state index contributed by atoms with van der Waals surface area (Å²) in [5.74, 6) is 0.579. The molecule has 1 N–H and O–H groups in total. The summed E-state index contributed by atoms with van der Waals surface area (Å²) in [7, 11) is 0. The van der Waals surface area contributed by atoms with E-state index in [-0.39, 0.29) is 6.10 Å². The summed E-state index contributed by atoms with van der Waals surface area (Å²) < 4.78 is 5.84. The summed E-state index contributed by atoms with van der Waals surface area (Å²) in [4.78, 5) is 21.7. The van der Waals surface area contributed by atoms with Crippen LogP contribution >= 0.6 is 0 Å². The highest BCUT2D eigenvalue weighted by atomic mass is 16.5. The molecule has 0 spiro atoms. The summed E-state index contributed by atoms with van der Waals surface area (Å²) in [5.41, 5.74) is 3.61. The molecule has 3 aromatic heterocycles. The number of nitrogens with zero attached hydrogens (tertiary/aromatic N) is 5. The standard InChI is InChI=1S/C18H18N6O/c1-2-16(25-9-1)17-14(15-12-20-7-8-21-15)11-23-18(24-17)22-10-13-3-5-19-6-4-13/h3-8,11-12,16H,1-2,9-10H2,(H,22,23,24)/t16-/m0/s1. The molecular weight excluding hydrogens is 316 g/mol. The Labute approximate surface area is 145 Å². The van der Waals surface area contributed by atoms with Gasteiger partial charge in [-0.25, -0.2) is 9.97 Å². The maximum atomic E-state index is 5.84. The van der Waals surface area contributed by atoms with Gasteiger partial charge in [0.15, 0.2) is 0 Å². The molecule has 7 nitrogen and oxygen atoms in total. The van der Waals surface area contributed by atoms with E-state index >= 15 is 0 Å². The zero-order chi connectivity index (χ0) is 16.9. The van der Waals surface area contributed by atoms with Crippen LogP contribution in [0.3, 0.4) is 0 Å². The molecule has 0 aromatic carbocycles. The fourth-order valence-corrected chi connectivity index (χ4v) is 2.84. The molecule has 0 radical (unpaired) electrons. The molecule has 3 aromatic rings. The average molecular weight is 334 g/mol. The number of anilines is 1. The van der Waals surface area contributed by atoms with E-state index in [2.05, 4.69) is 25.3 Å². The van der Waals surface area contributed by atoms with Crippen molar-refractivity contribution in [3.63, 3.8) is 0 Å². The van der Waals surface area contributed by atoms with E-state index in [0.717, 1.165) is 42.0 Å². The molecule has 1 atom stereocenters. The lowest BCUT2D eigenvalue weighted by Crippen LogP contribution is -2.09. The van der Waals surface area contributed by atoms with Gasteiger partial charge in [-0.2, -0.15) is 0 Å². The molecule has 0 unspecified atom stereocenters. The van der Waals surface area contributed by atoms with Crippen LogP contribution in [0.4, 0.5) is 5.95 Å². The zero-order valence-corrected chi connectivity index (χ0v) is 13.7. The lowest BCUT2D eigenvalue weighted by molar-refractivity contribution is 0.109. The maximum absolute atomic E-state index is 5.84. The SMILES string of the molecule is c1cc(CNc2ncc(-c3cnccn3)c([C@@H]3CCCO3)n2)ccn1. The molecule has 7 heteroatoms. The predicted octanol–water partition coefficient (Wildman–Crippen LogP) is 2.79. The molecule has 0 bridgehead atoms. The number of ether oxygens (including phenoxy) is 1. The first kappa shape index (κ1) is 15.6. The van der Waals surface area contributed by atoms with Crippen molar-refractivity contribution in [2.45, 2.75) is 25.5 Å². The minimum absolute atomic E-state index is 0.0264. The van der Waals surface area contributed by atoms with Crippen molar-refractivity contribution in [1.82, 2.24) is 24.9 Å². The number of nitrogens with one attached hydrogen (secondary N) is 1. The summed E-state index contributed by atoms with van der Waals surface area (Å²) in [6, 6.07) is 3.92. The molecule has 25 heavy (non-hydrogen) atoms. The Bertz CT molecular complexity index is 821. The van der Waals surface area contributed by atoms with E-state index in [0.29, 0.717) is 12.5 Å². The van der Waals surface area contributed by atoms with E-state index in [9.17, 15) is 0 Å². The summed E-state index contributed by atoms with van der Waals surface area (Å²) in [5, 5.41) is 3.26. The Balaban J connectivity index is 1.62. The molecular formula is C18H18N6O. The van der Waals surface area contributed by atoms with Crippen molar-refractivity contribution in [3.05, 3.63) is 60.6 Å². The number of hydrogen-bond donors (Lipinski definition) is 1. The molecule has 1 fully saturated rings. The quantitative estimate of drug-likeness (QED) is 0.768. The van der Waals surface area contributed by atoms with Crippen LogP contribution in [-0.4, -0.2) is 31.5 Å². The topological polar surface area (TPSA) is 85.7 Å². The Kier molecular flexibility index (Phi) is 4.56. The molecule has 0 amide bonds. The van der Waals surface area contributed by atoms with E-state index in [1.807, 2.05) is 12.1 Å². The summed E-state index contributed by atoms with van der Waals surface area (Å²) in [6.45, 7) is 1.40. The van der Waals surface area contributed by atoms with Crippen LogP contribution in [0.25, 0.3) is 11.3 Å². The van der Waals surface area contributed by atoms with Gasteiger partial charge in [0.2, 0.25) is 5.95 Å². The molecule has 0 saturated carbocycles. The van der Waals surface area contributed by atoms with Crippen LogP contribution in [0.2, 0.25) is 0 Å². The Morgan fingerprint density at radius 1 is 1.04 bits per heavy atom. The fraction of sp³-hybridized carbons (Fsp3) is 0.278. The van der Waals surface area contributed by atoms with Crippen LogP contribution < -0.4 is 5.32 Å². The highest BCUT2D eigenvalue weighted by Crippen LogP contribution is 2.33. The van der Waals surface area contributed by atoms with Crippen molar-refractivity contribution in [2.75, 3.05) is 11.9 Å². The monoisotopic (exact) mass is 334 g/mol. The van der Waals surface area contributed by atoms with Gasteiger partial charge < -0.3 is 10.1 Å². The first-order valence-corrected chi connectivity index (χ1v) is 8.28. The largest absolute Gasteiger partial charge is 0.372 e. The number of pyridine rings is 1. The van der Waals surface area contributed by atoms with Crippen molar-refractivity contribution in [1.29, 1.82) is 0 Å². The summed E-state index contributed by atoms with van der Waals surface area (Å²) >= 11 is 0. The van der Waals surface area contributed by atoms with Gasteiger partial charge in [-0.1, -0.05) is 0 Å². The fourth-order valence-electron chi connectivity index (χ4n) is 2.84. The zero-order valence-electron chi connectivity index (χ0n) is 13.7. The predicted molar refractivity (Wildman–Crippen MR) is 92.5 cm³/mol. The lowest BCUT2D eigenvalue weighted by atomic mass is 10.1. The van der Waals surface area contributed by atoms with Crippen LogP contribution in [0, 0.1) is 0 Å². The highest BCUT2D eigenvalue weighted by molar-refractivity contribution is 5.61. The van der Waals surface area contributed by atoms with Crippen molar-refractivity contribution < 1.29 is 4.74 Å². The number of hydrogen-bond acceptors (Lipinski definition) is 7. The van der Waals surface area contributed by atoms with Crippen LogP contribution in [-0.2, 0) is 11.3 Å². The van der Waals surface area contributed by atoms with Gasteiger partial charge in [-0.05, 0) is 30.5 Å². The molecule has 126 valence electrons. The van der Waals surface area contributed by atoms with Gasteiger partial charge in [0.25, 0.3) is 0 Å². The Morgan fingerprint density at radius 3 is 2.72 bits per heavy atom. The van der Waals surface area contributed by atoms with E-state index in [1.165, 1.54) is 0 Å². The molecule has 1 aliphatic rings. The molecule has 1 saturated heterocycles. The summed E-state index contributed by atoms with van der Waals surface area (Å²) in [6.07, 6.45) is 12.3. The third-order valence-electron chi connectivity index (χ3n) is 4.09. The smallest absolute Gasteiger partial charge is 0.223 e. The van der Waals surface area contributed by atoms with E-state index < -0.39 is 0 Å². The third-order valence-corrected chi connectivity index (χ3v) is 4.09. The average Bonchev–Trinajstić information content (AvgIpc) is 3.22. The third kappa shape index (κ3) is 3.61. The van der Waals surface area contributed by atoms with Crippen LogP contribution in [0.1, 0.15) is 30.2 Å². The van der Waals surface area contributed by atoms with Gasteiger partial charge in [0.1, 0.15) is 6.10 Å². The van der Waals surface area contributed by atoms with Crippen molar-refractivity contribution in [2.24, 2.45) is 0 Å². The van der Waals surface area contributed by atoms with Gasteiger partial charge in [-0.3, -0.25) is 15.0 Å². The Hall–Kier alpha value is -2.93. The first-order valence-electron chi connectivity index (χ1n) is 8.28. The first-order chi connectivity index (χ1) is 12.4. The minimum atomic E-state index is -0.0264. The number of rotatable bonds is 5. The second kappa shape index (κ2) is 7.31. The highest BCUT2D eigenvalue weighted by Gasteiger charge is 2.24. The van der Waals surface area contributed by atoms with E-state index in [1.54, 1.807) is 37.2 Å². The molecule has 4 rings (SSSR count). The normalized spacial score (nSPS) is 16.7. The molecule has 1 aliphatic heterocycles. The lowest BCUT2D eigenvalue weighted by Gasteiger charge is -2.15. The van der Waals surface area contributed by atoms with Crippen molar-refractivity contribution >= 4 is 5.95 Å².